The van der Waals surface area contributed by atoms with Gasteiger partial charge in [-0.25, -0.2) is 4.98 Å². The molecule has 1 unspecified atom stereocenters. The van der Waals surface area contributed by atoms with E-state index in [-0.39, 0.29) is 18.4 Å². The van der Waals surface area contributed by atoms with Gasteiger partial charge in [-0.3, -0.25) is 9.59 Å². The van der Waals surface area contributed by atoms with Gasteiger partial charge in [-0.05, 0) is 26.7 Å². The van der Waals surface area contributed by atoms with E-state index in [1.165, 1.54) is 0 Å². The molecule has 0 aliphatic carbocycles. The number of aromatic nitrogens is 1. The van der Waals surface area contributed by atoms with E-state index in [9.17, 15) is 9.59 Å². The fourth-order valence-electron chi connectivity index (χ4n) is 2.54. The minimum absolute atomic E-state index is 0.0644. The van der Waals surface area contributed by atoms with Crippen LogP contribution in [0.5, 0.6) is 0 Å². The molecule has 1 atom stereocenters. The molecule has 0 bridgehead atoms. The zero-order chi connectivity index (χ0) is 14.9. The third kappa shape index (κ3) is 2.30. The molecule has 1 fully saturated rings. The molecule has 2 amide bonds. The van der Waals surface area contributed by atoms with E-state index in [4.69, 9.17) is 4.42 Å². The summed E-state index contributed by atoms with van der Waals surface area (Å²) in [5, 5.41) is 2.87. The van der Waals surface area contributed by atoms with Crippen LogP contribution in [0.15, 0.2) is 10.6 Å². The minimum Gasteiger partial charge on any atom is -0.444 e. The number of hydrogen-bond donors (Lipinski definition) is 1. The van der Waals surface area contributed by atoms with Crippen LogP contribution in [0.2, 0.25) is 0 Å². The van der Waals surface area contributed by atoms with Crippen molar-refractivity contribution < 1.29 is 14.0 Å². The molecule has 1 saturated heterocycles. The number of hydrogen-bond acceptors (Lipinski definition) is 4. The molecule has 1 aliphatic rings. The van der Waals surface area contributed by atoms with Gasteiger partial charge in [0.25, 0.3) is 0 Å². The summed E-state index contributed by atoms with van der Waals surface area (Å²) in [4.78, 5) is 30.5. The number of amides is 2. The van der Waals surface area contributed by atoms with Gasteiger partial charge in [-0.15, -0.1) is 0 Å². The normalized spacial score (nSPS) is 22.0. The van der Waals surface area contributed by atoms with Crippen LogP contribution in [-0.4, -0.2) is 33.3 Å². The maximum absolute atomic E-state index is 12.7. The van der Waals surface area contributed by atoms with Crippen molar-refractivity contribution in [1.29, 1.82) is 0 Å². The van der Waals surface area contributed by atoms with Crippen molar-refractivity contribution >= 4 is 11.8 Å². The van der Waals surface area contributed by atoms with Crippen molar-refractivity contribution in [2.45, 2.75) is 58.7 Å². The monoisotopic (exact) mass is 279 g/mol. The van der Waals surface area contributed by atoms with Crippen LogP contribution in [0, 0.1) is 6.92 Å². The quantitative estimate of drug-likeness (QED) is 0.903. The fourth-order valence-corrected chi connectivity index (χ4v) is 2.54. The van der Waals surface area contributed by atoms with Crippen molar-refractivity contribution in [1.82, 2.24) is 15.2 Å². The zero-order valence-corrected chi connectivity index (χ0v) is 12.4. The summed E-state index contributed by atoms with van der Waals surface area (Å²) in [5.41, 5.74) is -0.800. The van der Waals surface area contributed by atoms with Gasteiger partial charge < -0.3 is 14.6 Å². The molecule has 0 spiro atoms. The first-order valence-corrected chi connectivity index (χ1v) is 6.98. The largest absolute Gasteiger partial charge is 0.444 e. The molecule has 6 nitrogen and oxygen atoms in total. The second-order valence-electron chi connectivity index (χ2n) is 5.25. The van der Waals surface area contributed by atoms with Gasteiger partial charge in [-0.1, -0.05) is 13.8 Å². The molecule has 20 heavy (non-hydrogen) atoms. The van der Waals surface area contributed by atoms with E-state index < -0.39 is 11.6 Å². The predicted molar refractivity (Wildman–Crippen MR) is 72.7 cm³/mol. The van der Waals surface area contributed by atoms with Crippen molar-refractivity contribution in [2.24, 2.45) is 0 Å². The number of carbonyl (C=O) groups excluding carboxylic acids is 2. The molecule has 1 aliphatic heterocycles. The first-order valence-electron chi connectivity index (χ1n) is 6.98. The topological polar surface area (TPSA) is 75.4 Å². The van der Waals surface area contributed by atoms with E-state index in [0.717, 1.165) is 0 Å². The maximum Gasteiger partial charge on any atom is 0.249 e. The predicted octanol–water partition coefficient (Wildman–Crippen LogP) is 1.39. The van der Waals surface area contributed by atoms with Gasteiger partial charge in [0.05, 0.1) is 12.7 Å². The van der Waals surface area contributed by atoms with E-state index in [0.29, 0.717) is 24.5 Å². The molecular formula is C14H21N3O3. The lowest BCUT2D eigenvalue weighted by Crippen LogP contribution is -2.69. The van der Waals surface area contributed by atoms with Crippen LogP contribution < -0.4 is 5.32 Å². The van der Waals surface area contributed by atoms with Gasteiger partial charge in [0.2, 0.25) is 17.7 Å². The number of piperazine rings is 1. The van der Waals surface area contributed by atoms with Crippen molar-refractivity contribution in [3.05, 3.63) is 17.8 Å². The summed E-state index contributed by atoms with van der Waals surface area (Å²) in [6, 6.07) is -0.513. The first-order chi connectivity index (χ1) is 9.43. The summed E-state index contributed by atoms with van der Waals surface area (Å²) in [6.07, 6.45) is 2.76. The number of nitrogens with one attached hydrogen (secondary N) is 1. The SMILES string of the molecule is CCC1(CC)NC(=O)C(C)N(Cc2ncc(C)o2)C1=O. The van der Waals surface area contributed by atoms with Gasteiger partial charge in [0.1, 0.15) is 17.3 Å². The van der Waals surface area contributed by atoms with Crippen LogP contribution in [-0.2, 0) is 16.1 Å². The highest BCUT2D eigenvalue weighted by molar-refractivity contribution is 5.99. The Bertz CT molecular complexity index is 519. The fraction of sp³-hybridized carbons (Fsp3) is 0.643. The van der Waals surface area contributed by atoms with Crippen LogP contribution in [0.25, 0.3) is 0 Å². The number of oxazole rings is 1. The highest BCUT2D eigenvalue weighted by atomic mass is 16.4. The molecule has 2 rings (SSSR count). The van der Waals surface area contributed by atoms with Gasteiger partial charge in [0, 0.05) is 0 Å². The third-order valence-electron chi connectivity index (χ3n) is 4.06. The molecule has 6 heteroatoms. The van der Waals surface area contributed by atoms with Crippen molar-refractivity contribution in [2.75, 3.05) is 0 Å². The summed E-state index contributed by atoms with van der Waals surface area (Å²) in [7, 11) is 0. The third-order valence-corrected chi connectivity index (χ3v) is 4.06. The average Bonchev–Trinajstić information content (AvgIpc) is 2.84. The second kappa shape index (κ2) is 5.26. The lowest BCUT2D eigenvalue weighted by Gasteiger charge is -2.44. The number of nitrogens with zero attached hydrogens (tertiary/aromatic N) is 2. The summed E-state index contributed by atoms with van der Waals surface area (Å²) >= 11 is 0. The molecule has 1 aromatic rings. The van der Waals surface area contributed by atoms with Crippen LogP contribution in [0.1, 0.15) is 45.3 Å². The highest BCUT2D eigenvalue weighted by Gasteiger charge is 2.47. The Labute approximate surface area is 118 Å². The summed E-state index contributed by atoms with van der Waals surface area (Å²) in [6.45, 7) is 7.56. The standard InChI is InChI=1S/C14H21N3O3/c1-5-14(6-2)13(19)17(10(4)12(18)16-14)8-11-15-7-9(3)20-11/h7,10H,5-6,8H2,1-4H3,(H,16,18). The van der Waals surface area contributed by atoms with Gasteiger partial charge in [0.15, 0.2) is 0 Å². The Morgan fingerprint density at radius 1 is 1.40 bits per heavy atom. The zero-order valence-electron chi connectivity index (χ0n) is 12.4. The lowest BCUT2D eigenvalue weighted by atomic mass is 9.87. The summed E-state index contributed by atoms with van der Waals surface area (Å²) in [5.74, 6) is 0.958. The van der Waals surface area contributed by atoms with E-state index >= 15 is 0 Å². The molecule has 0 saturated carbocycles. The molecule has 1 N–H and O–H groups in total. The molecule has 0 radical (unpaired) electrons. The van der Waals surface area contributed by atoms with Crippen LogP contribution >= 0.6 is 0 Å². The molecule has 2 heterocycles. The maximum atomic E-state index is 12.7. The van der Waals surface area contributed by atoms with Crippen LogP contribution in [0.3, 0.4) is 0 Å². The Morgan fingerprint density at radius 2 is 2.05 bits per heavy atom. The highest BCUT2D eigenvalue weighted by Crippen LogP contribution is 2.26. The smallest absolute Gasteiger partial charge is 0.249 e. The average molecular weight is 279 g/mol. The minimum atomic E-state index is -0.800. The summed E-state index contributed by atoms with van der Waals surface area (Å²) < 4.78 is 5.42. The molecule has 1 aromatic heterocycles. The van der Waals surface area contributed by atoms with Gasteiger partial charge in [-0.2, -0.15) is 0 Å². The number of carbonyl (C=O) groups is 2. The van der Waals surface area contributed by atoms with E-state index in [1.54, 1.807) is 24.9 Å². The molecule has 0 aromatic carbocycles. The number of aryl methyl sites for hydroxylation is 1. The lowest BCUT2D eigenvalue weighted by molar-refractivity contribution is -0.155. The molecular weight excluding hydrogens is 258 g/mol. The Kier molecular flexibility index (Phi) is 3.83. The van der Waals surface area contributed by atoms with Crippen molar-refractivity contribution in [3.63, 3.8) is 0 Å². The second-order valence-corrected chi connectivity index (χ2v) is 5.25. The Balaban J connectivity index is 2.28. The van der Waals surface area contributed by atoms with E-state index in [2.05, 4.69) is 10.3 Å². The number of rotatable bonds is 4. The van der Waals surface area contributed by atoms with E-state index in [1.807, 2.05) is 13.8 Å². The van der Waals surface area contributed by atoms with Crippen molar-refractivity contribution in [3.8, 4) is 0 Å². The first kappa shape index (κ1) is 14.6. The van der Waals surface area contributed by atoms with Gasteiger partial charge >= 0.3 is 0 Å². The Hall–Kier alpha value is -1.85. The van der Waals surface area contributed by atoms with Crippen LogP contribution in [0.4, 0.5) is 0 Å². The molecule has 110 valence electrons. The Morgan fingerprint density at radius 3 is 2.55 bits per heavy atom.